The monoisotopic (exact) mass is 881 g/mol. The molecule has 0 aromatic carbocycles. The molecule has 6 unspecified atom stereocenters. The van der Waals surface area contributed by atoms with Crippen LogP contribution in [0.15, 0.2) is 0 Å². The number of esters is 2. The summed E-state index contributed by atoms with van der Waals surface area (Å²) in [7, 11) is -5.11. The van der Waals surface area contributed by atoms with Gasteiger partial charge in [0.25, 0.3) is 0 Å². The summed E-state index contributed by atoms with van der Waals surface area (Å²) in [5.74, 6) is -1.08. The maximum absolute atomic E-state index is 12.8. The highest BCUT2D eigenvalue weighted by Crippen LogP contribution is 2.47. The van der Waals surface area contributed by atoms with Crippen LogP contribution in [0, 0.1) is 0 Å². The summed E-state index contributed by atoms with van der Waals surface area (Å²) in [5.41, 5.74) is 0. The fourth-order valence-corrected chi connectivity index (χ4v) is 8.73. The van der Waals surface area contributed by atoms with Crippen molar-refractivity contribution in [2.45, 2.75) is 268 Å². The SMILES string of the molecule is CCCCCCCCCCCCCCCCCCC(=O)O[C@H](COC(=O)CCCCCCCCCCCCCCCCC)COP(=O)(O)OC1C(O)C(O)C(O)[C@@H](O)C1O. The topological polar surface area (TPSA) is 210 Å². The van der Waals surface area contributed by atoms with Gasteiger partial charge in [0.1, 0.15) is 43.2 Å². The van der Waals surface area contributed by atoms with E-state index in [4.69, 9.17) is 18.5 Å². The largest absolute Gasteiger partial charge is 0.472 e. The Morgan fingerprint density at radius 1 is 0.450 bits per heavy atom. The number of aliphatic hydroxyl groups excluding tert-OH is 5. The van der Waals surface area contributed by atoms with E-state index in [2.05, 4.69) is 13.8 Å². The van der Waals surface area contributed by atoms with Crippen molar-refractivity contribution in [2.75, 3.05) is 13.2 Å². The van der Waals surface area contributed by atoms with Crippen LogP contribution >= 0.6 is 7.82 Å². The molecule has 0 radical (unpaired) electrons. The molecule has 0 bridgehead atoms. The normalized spacial score (nSPS) is 22.1. The van der Waals surface area contributed by atoms with Gasteiger partial charge in [-0.3, -0.25) is 18.6 Å². The van der Waals surface area contributed by atoms with Crippen LogP contribution in [0.3, 0.4) is 0 Å². The zero-order valence-electron chi connectivity index (χ0n) is 37.8. The van der Waals surface area contributed by atoms with Crippen LogP contribution in [-0.2, 0) is 32.7 Å². The van der Waals surface area contributed by atoms with Crippen molar-refractivity contribution in [3.05, 3.63) is 0 Å². The Hall–Kier alpha value is -1.15. The van der Waals surface area contributed by atoms with Gasteiger partial charge in [0, 0.05) is 12.8 Å². The first-order valence-corrected chi connectivity index (χ1v) is 25.8. The van der Waals surface area contributed by atoms with Gasteiger partial charge < -0.3 is 39.9 Å². The Morgan fingerprint density at radius 2 is 0.750 bits per heavy atom. The summed E-state index contributed by atoms with van der Waals surface area (Å²) < 4.78 is 33.6. The van der Waals surface area contributed by atoms with E-state index < -0.39 is 75.7 Å². The average Bonchev–Trinajstić information content (AvgIpc) is 3.23. The van der Waals surface area contributed by atoms with Crippen LogP contribution in [0.25, 0.3) is 0 Å². The first kappa shape index (κ1) is 56.9. The molecule has 1 aliphatic carbocycles. The minimum absolute atomic E-state index is 0.105. The van der Waals surface area contributed by atoms with Crippen molar-refractivity contribution < 1.29 is 63.1 Å². The van der Waals surface area contributed by atoms with Crippen LogP contribution in [-0.4, -0.2) is 98.3 Å². The van der Waals surface area contributed by atoms with Gasteiger partial charge in [0.15, 0.2) is 6.10 Å². The lowest BCUT2D eigenvalue weighted by Crippen LogP contribution is -2.64. The molecule has 6 N–H and O–H groups in total. The molecule has 13 nitrogen and oxygen atoms in total. The summed E-state index contributed by atoms with van der Waals surface area (Å²) in [4.78, 5) is 35.7. The molecule has 0 aromatic rings. The highest BCUT2D eigenvalue weighted by Gasteiger charge is 2.51. The van der Waals surface area contributed by atoms with E-state index >= 15 is 0 Å². The quantitative estimate of drug-likeness (QED) is 0.0192. The van der Waals surface area contributed by atoms with E-state index in [-0.39, 0.29) is 12.8 Å². The van der Waals surface area contributed by atoms with Gasteiger partial charge in [-0.2, -0.15) is 0 Å². The summed E-state index contributed by atoms with van der Waals surface area (Å²) >= 11 is 0. The molecule has 0 amide bonds. The number of phosphoric acid groups is 1. The van der Waals surface area contributed by atoms with Crippen molar-refractivity contribution in [1.82, 2.24) is 0 Å². The molecule has 60 heavy (non-hydrogen) atoms. The molecule has 1 fully saturated rings. The Morgan fingerprint density at radius 3 is 1.10 bits per heavy atom. The third-order valence-corrected chi connectivity index (χ3v) is 12.7. The number of hydrogen-bond donors (Lipinski definition) is 6. The number of ether oxygens (including phenoxy) is 2. The van der Waals surface area contributed by atoms with E-state index in [9.17, 15) is 44.6 Å². The second-order valence-electron chi connectivity index (χ2n) is 17.3. The molecule has 1 rings (SSSR count). The number of aliphatic hydroxyl groups is 5. The number of hydrogen-bond acceptors (Lipinski definition) is 12. The van der Waals surface area contributed by atoms with Crippen LogP contribution in [0.5, 0.6) is 0 Å². The van der Waals surface area contributed by atoms with Crippen molar-refractivity contribution in [2.24, 2.45) is 0 Å². The number of unbranched alkanes of at least 4 members (excludes halogenated alkanes) is 29. The molecule has 0 heterocycles. The Kier molecular flexibility index (Phi) is 35.3. The Bertz CT molecular complexity index is 1060. The summed E-state index contributed by atoms with van der Waals surface area (Å²) in [6, 6.07) is 0. The lowest BCUT2D eigenvalue weighted by atomic mass is 9.85. The molecule has 0 spiro atoms. The van der Waals surface area contributed by atoms with Crippen LogP contribution in [0.2, 0.25) is 0 Å². The van der Waals surface area contributed by atoms with Crippen molar-refractivity contribution in [3.8, 4) is 0 Å². The van der Waals surface area contributed by atoms with E-state index in [0.717, 1.165) is 38.5 Å². The predicted octanol–water partition coefficient (Wildman–Crippen LogP) is 9.67. The first-order chi connectivity index (χ1) is 28.9. The second-order valence-corrected chi connectivity index (χ2v) is 18.7. The van der Waals surface area contributed by atoms with Crippen LogP contribution in [0.1, 0.15) is 226 Å². The molecule has 0 aliphatic heterocycles. The standard InChI is InChI=1S/C46H89O13P/c1-3-5-7-9-11-13-15-17-19-21-23-25-27-29-31-33-35-40(48)58-38(37-57-60(54,55)59-46-44(52)42(50)41(49)43(51)45(46)53)36-56-39(47)34-32-30-28-26-24-22-20-18-16-14-12-10-8-6-4-2/h38,41-46,49-53H,3-37H2,1-2H3,(H,54,55)/t38-,41?,42-,43?,44?,45?,46?/m1/s1. The molecule has 14 heteroatoms. The summed E-state index contributed by atoms with van der Waals surface area (Å²) in [6.45, 7) is 3.33. The molecular formula is C46H89O13P. The van der Waals surface area contributed by atoms with Crippen molar-refractivity contribution in [3.63, 3.8) is 0 Å². The molecule has 0 aromatic heterocycles. The number of carbonyl (C=O) groups excluding carboxylic acids is 2. The third kappa shape index (κ3) is 29.3. The second kappa shape index (κ2) is 37.2. The van der Waals surface area contributed by atoms with Gasteiger partial charge in [0.2, 0.25) is 0 Å². The van der Waals surface area contributed by atoms with E-state index in [1.807, 2.05) is 0 Å². The Balaban J connectivity index is 2.42. The van der Waals surface area contributed by atoms with Gasteiger partial charge in [0.05, 0.1) is 6.61 Å². The molecule has 1 saturated carbocycles. The molecule has 0 saturated heterocycles. The van der Waals surface area contributed by atoms with Crippen molar-refractivity contribution in [1.29, 1.82) is 0 Å². The first-order valence-electron chi connectivity index (χ1n) is 24.3. The minimum Gasteiger partial charge on any atom is -0.462 e. The van der Waals surface area contributed by atoms with Gasteiger partial charge in [-0.15, -0.1) is 0 Å². The fraction of sp³-hybridized carbons (Fsp3) is 0.957. The lowest BCUT2D eigenvalue weighted by Gasteiger charge is -2.41. The van der Waals surface area contributed by atoms with E-state index in [1.165, 1.54) is 148 Å². The number of phosphoric ester groups is 1. The van der Waals surface area contributed by atoms with Gasteiger partial charge in [-0.1, -0.05) is 200 Å². The predicted molar refractivity (Wildman–Crippen MR) is 235 cm³/mol. The van der Waals surface area contributed by atoms with Crippen molar-refractivity contribution >= 4 is 19.8 Å². The zero-order chi connectivity index (χ0) is 44.3. The maximum Gasteiger partial charge on any atom is 0.472 e. The average molecular weight is 881 g/mol. The smallest absolute Gasteiger partial charge is 0.462 e. The highest BCUT2D eigenvalue weighted by atomic mass is 31.2. The lowest BCUT2D eigenvalue weighted by molar-refractivity contribution is -0.220. The summed E-state index contributed by atoms with van der Waals surface area (Å²) in [6.07, 6.45) is 24.4. The molecule has 8 atom stereocenters. The molecule has 1 aliphatic rings. The van der Waals surface area contributed by atoms with E-state index in [0.29, 0.717) is 12.8 Å². The highest BCUT2D eigenvalue weighted by molar-refractivity contribution is 7.47. The zero-order valence-corrected chi connectivity index (χ0v) is 38.7. The maximum atomic E-state index is 12.8. The molecular weight excluding hydrogens is 791 g/mol. The van der Waals surface area contributed by atoms with Gasteiger partial charge in [-0.05, 0) is 12.8 Å². The van der Waals surface area contributed by atoms with Crippen LogP contribution < -0.4 is 0 Å². The van der Waals surface area contributed by atoms with Gasteiger partial charge >= 0.3 is 19.8 Å². The molecule has 356 valence electrons. The minimum atomic E-state index is -5.11. The number of carbonyl (C=O) groups is 2. The number of rotatable bonds is 41. The van der Waals surface area contributed by atoms with Gasteiger partial charge in [-0.25, -0.2) is 4.57 Å². The third-order valence-electron chi connectivity index (χ3n) is 11.7. The summed E-state index contributed by atoms with van der Waals surface area (Å²) in [5, 5.41) is 50.2. The van der Waals surface area contributed by atoms with Crippen LogP contribution in [0.4, 0.5) is 0 Å². The fourth-order valence-electron chi connectivity index (χ4n) is 7.76. The van der Waals surface area contributed by atoms with E-state index in [1.54, 1.807) is 0 Å². The Labute approximate surface area is 363 Å².